The molecule has 2 aliphatic rings. The fraction of sp³-hybridized carbons (Fsp3) is 0.429. The number of nitrogens with one attached hydrogen (secondary N) is 2. The number of halogens is 3. The predicted molar refractivity (Wildman–Crippen MR) is 150 cm³/mol. The quantitative estimate of drug-likeness (QED) is 0.323. The maximum absolute atomic E-state index is 13.7. The molecule has 1 spiro atoms. The van der Waals surface area contributed by atoms with Crippen LogP contribution in [-0.2, 0) is 24.0 Å². The summed E-state index contributed by atoms with van der Waals surface area (Å²) in [5.74, 6) is 0.294. The Hall–Kier alpha value is -3.80. The Morgan fingerprint density at radius 3 is 2.52 bits per heavy atom. The van der Waals surface area contributed by atoms with Gasteiger partial charge in [-0.15, -0.1) is 4.72 Å². The van der Waals surface area contributed by atoms with E-state index in [0.717, 1.165) is 36.7 Å². The molecule has 4 aromatic rings. The second-order valence-corrected chi connectivity index (χ2v) is 13.7. The van der Waals surface area contributed by atoms with Crippen LogP contribution in [0.4, 0.5) is 19.1 Å². The predicted octanol–water partition coefficient (Wildman–Crippen LogP) is 4.64. The summed E-state index contributed by atoms with van der Waals surface area (Å²) in [6.45, 7) is 6.93. The Morgan fingerprint density at radius 1 is 1.12 bits per heavy atom. The standard InChI is InChI=1S/C28H28F3N9OS/c1-26(2,3)42(41)39-22-16-6-4-10-33-18(16)14-27(22)8-12-40(13-9-27)25-35-19(15-32)20-21(37-38-24(20)36-25)17-7-5-11-34-23(17)28(29,30)31/h4-7,10-11,22,39H,8-9,12-14H2,1-3H3,(H,35,36,37,38)/t22-,42-/m1/s1. The molecule has 0 saturated carbocycles. The number of hydrogen-bond acceptors (Lipinski definition) is 9. The Labute approximate surface area is 243 Å². The lowest BCUT2D eigenvalue weighted by Gasteiger charge is -2.43. The van der Waals surface area contributed by atoms with Crippen LogP contribution in [0.15, 0.2) is 36.7 Å². The van der Waals surface area contributed by atoms with Gasteiger partial charge < -0.3 is 9.45 Å². The topological polar surface area (TPSA) is 142 Å². The molecule has 42 heavy (non-hydrogen) atoms. The summed E-state index contributed by atoms with van der Waals surface area (Å²) in [5.41, 5.74) is 0.494. The van der Waals surface area contributed by atoms with Crippen LogP contribution in [0.5, 0.6) is 0 Å². The Kier molecular flexibility index (Phi) is 6.87. The fourth-order valence-corrected chi connectivity index (χ4v) is 6.82. The Balaban J connectivity index is 1.30. The van der Waals surface area contributed by atoms with Gasteiger partial charge in [-0.05, 0) is 63.8 Å². The summed E-state index contributed by atoms with van der Waals surface area (Å²) in [4.78, 5) is 19.1. The van der Waals surface area contributed by atoms with Crippen molar-refractivity contribution in [3.63, 3.8) is 0 Å². The Bertz CT molecular complexity index is 1690. The molecule has 2 atom stereocenters. The molecule has 0 radical (unpaired) electrons. The molecular formula is C28H28F3N9OS. The lowest BCUT2D eigenvalue weighted by atomic mass is 9.73. The van der Waals surface area contributed by atoms with Crippen molar-refractivity contribution in [1.82, 2.24) is 34.9 Å². The lowest BCUT2D eigenvalue weighted by molar-refractivity contribution is -0.140. The summed E-state index contributed by atoms with van der Waals surface area (Å²) in [7, 11) is 0. The van der Waals surface area contributed by atoms with E-state index in [0.29, 0.717) is 19.0 Å². The number of anilines is 1. The van der Waals surface area contributed by atoms with Crippen LogP contribution in [0.25, 0.3) is 22.3 Å². The molecule has 0 aromatic carbocycles. The smallest absolute Gasteiger partial charge is 0.434 e. The second-order valence-electron chi connectivity index (χ2n) is 11.7. The first kappa shape index (κ1) is 28.3. The molecule has 1 fully saturated rings. The van der Waals surface area contributed by atoms with Crippen LogP contribution in [0.3, 0.4) is 0 Å². The van der Waals surface area contributed by atoms with Crippen molar-refractivity contribution in [3.05, 3.63) is 59.3 Å². The number of rotatable bonds is 4. The number of pyridine rings is 2. The minimum atomic E-state index is -4.71. The van der Waals surface area contributed by atoms with E-state index in [-0.39, 0.29) is 39.4 Å². The van der Waals surface area contributed by atoms with E-state index in [1.807, 2.05) is 43.9 Å². The van der Waals surface area contributed by atoms with Gasteiger partial charge in [0.25, 0.3) is 0 Å². The fourth-order valence-electron chi connectivity index (χ4n) is 5.87. The molecule has 2 N–H and O–H groups in total. The van der Waals surface area contributed by atoms with Crippen LogP contribution in [0.2, 0.25) is 0 Å². The third-order valence-electron chi connectivity index (χ3n) is 8.04. The summed E-state index contributed by atoms with van der Waals surface area (Å²) in [6.07, 6.45) is 0.328. The minimum absolute atomic E-state index is 0.0754. The summed E-state index contributed by atoms with van der Waals surface area (Å²) in [5, 5.41) is 16.8. The van der Waals surface area contributed by atoms with Crippen LogP contribution < -0.4 is 9.62 Å². The van der Waals surface area contributed by atoms with Gasteiger partial charge >= 0.3 is 6.18 Å². The van der Waals surface area contributed by atoms with Crippen molar-refractivity contribution in [1.29, 1.82) is 5.26 Å². The van der Waals surface area contributed by atoms with E-state index in [9.17, 15) is 23.0 Å². The van der Waals surface area contributed by atoms with Crippen molar-refractivity contribution in [3.8, 4) is 17.3 Å². The number of alkyl halides is 3. The van der Waals surface area contributed by atoms with Crippen molar-refractivity contribution in [2.24, 2.45) is 5.41 Å². The third kappa shape index (κ3) is 4.85. The van der Waals surface area contributed by atoms with Gasteiger partial charge in [-0.25, -0.2) is 4.98 Å². The highest BCUT2D eigenvalue weighted by molar-refractivity contribution is 7.90. The van der Waals surface area contributed by atoms with E-state index >= 15 is 0 Å². The minimum Gasteiger partial charge on any atom is -0.598 e. The first-order valence-corrected chi connectivity index (χ1v) is 14.6. The molecule has 1 aliphatic heterocycles. The zero-order chi connectivity index (χ0) is 29.9. The van der Waals surface area contributed by atoms with E-state index in [4.69, 9.17) is 0 Å². The lowest BCUT2D eigenvalue weighted by Crippen LogP contribution is -2.50. The number of aromatic nitrogens is 6. The maximum Gasteiger partial charge on any atom is 0.434 e. The molecule has 10 nitrogen and oxygen atoms in total. The van der Waals surface area contributed by atoms with Gasteiger partial charge in [0.05, 0.1) is 11.4 Å². The average Bonchev–Trinajstić information content (AvgIpc) is 3.51. The number of aromatic amines is 1. The van der Waals surface area contributed by atoms with Gasteiger partial charge in [0.2, 0.25) is 5.95 Å². The molecule has 14 heteroatoms. The van der Waals surface area contributed by atoms with E-state index < -0.39 is 28.0 Å². The SMILES string of the molecule is CC(C)(C)[S@@+]([O-])N[C@@H]1c2cccnc2CC12CCN(c1nc(C#N)c3c(-c4cccnc4C(F)(F)F)n[nH]c3n1)CC2. The maximum atomic E-state index is 13.7. The highest BCUT2D eigenvalue weighted by Gasteiger charge is 2.51. The van der Waals surface area contributed by atoms with Gasteiger partial charge in [0, 0.05) is 53.5 Å². The van der Waals surface area contributed by atoms with E-state index in [2.05, 4.69) is 34.9 Å². The van der Waals surface area contributed by atoms with Gasteiger partial charge in [0.1, 0.15) is 16.5 Å². The molecule has 0 amide bonds. The Morgan fingerprint density at radius 2 is 1.83 bits per heavy atom. The molecule has 0 bridgehead atoms. The number of fused-ring (bicyclic) bond motifs is 2. The average molecular weight is 596 g/mol. The molecule has 6 rings (SSSR count). The number of nitriles is 1. The van der Waals surface area contributed by atoms with Crippen LogP contribution in [-0.4, -0.2) is 52.5 Å². The number of nitrogens with zero attached hydrogens (tertiary/aromatic N) is 7. The van der Waals surface area contributed by atoms with Gasteiger partial charge in [-0.2, -0.15) is 28.5 Å². The molecule has 4 aromatic heterocycles. The molecular weight excluding hydrogens is 567 g/mol. The molecule has 1 saturated heterocycles. The molecule has 1 aliphatic carbocycles. The van der Waals surface area contributed by atoms with Crippen molar-refractivity contribution in [2.75, 3.05) is 18.0 Å². The number of hydrogen-bond donors (Lipinski definition) is 2. The molecule has 218 valence electrons. The monoisotopic (exact) mass is 595 g/mol. The highest BCUT2D eigenvalue weighted by Crippen LogP contribution is 2.52. The normalized spacial score (nSPS) is 19.2. The summed E-state index contributed by atoms with van der Waals surface area (Å²) >= 11 is -1.29. The van der Waals surface area contributed by atoms with Crippen molar-refractivity contribution < 1.29 is 17.7 Å². The zero-order valence-electron chi connectivity index (χ0n) is 23.2. The summed E-state index contributed by atoms with van der Waals surface area (Å²) < 4.78 is 57.1. The molecule has 5 heterocycles. The van der Waals surface area contributed by atoms with E-state index in [1.165, 1.54) is 12.1 Å². The number of piperidine rings is 1. The van der Waals surface area contributed by atoms with Gasteiger partial charge in [-0.1, -0.05) is 6.07 Å². The highest BCUT2D eigenvalue weighted by atomic mass is 32.2. The largest absolute Gasteiger partial charge is 0.598 e. The van der Waals surface area contributed by atoms with Gasteiger partial charge in [-0.3, -0.25) is 15.1 Å². The second kappa shape index (κ2) is 10.2. The first-order chi connectivity index (χ1) is 19.9. The third-order valence-corrected chi connectivity index (χ3v) is 9.60. The van der Waals surface area contributed by atoms with Crippen LogP contribution in [0.1, 0.15) is 62.3 Å². The van der Waals surface area contributed by atoms with Gasteiger partial charge in [0.15, 0.2) is 17.0 Å². The zero-order valence-corrected chi connectivity index (χ0v) is 24.0. The summed E-state index contributed by atoms with van der Waals surface area (Å²) in [6, 6.07) is 8.46. The number of H-pyrrole nitrogens is 1. The molecule has 0 unspecified atom stereocenters. The van der Waals surface area contributed by atoms with Crippen LogP contribution in [0, 0.1) is 16.7 Å². The van der Waals surface area contributed by atoms with Crippen LogP contribution >= 0.6 is 0 Å². The van der Waals surface area contributed by atoms with Crippen molar-refractivity contribution >= 4 is 28.3 Å². The van der Waals surface area contributed by atoms with E-state index in [1.54, 1.807) is 6.20 Å². The van der Waals surface area contributed by atoms with Crippen molar-refractivity contribution in [2.45, 2.75) is 57.0 Å². The first-order valence-electron chi connectivity index (χ1n) is 13.5.